The van der Waals surface area contributed by atoms with Crippen LogP contribution < -0.4 is 0 Å². The highest BCUT2D eigenvalue weighted by atomic mass is 16.4. The Balaban J connectivity index is 2.88. The van der Waals surface area contributed by atoms with Gasteiger partial charge < -0.3 is 5.21 Å². The van der Waals surface area contributed by atoms with Gasteiger partial charge in [0.05, 0.1) is 5.71 Å². The Bertz CT molecular complexity index is 251. The molecule has 0 saturated carbocycles. The first-order valence-electron chi connectivity index (χ1n) is 4.19. The highest BCUT2D eigenvalue weighted by Gasteiger charge is 2.19. The zero-order valence-electron chi connectivity index (χ0n) is 7.67. The van der Waals surface area contributed by atoms with Gasteiger partial charge in [-0.3, -0.25) is 0 Å². The Morgan fingerprint density at radius 3 is 2.92 bits per heavy atom. The largest absolute Gasteiger partial charge is 0.411 e. The molecule has 0 heterocycles. The van der Waals surface area contributed by atoms with Crippen LogP contribution in [0.2, 0.25) is 0 Å². The Hall–Kier alpha value is -1.05. The van der Waals surface area contributed by atoms with Gasteiger partial charge >= 0.3 is 0 Å². The summed E-state index contributed by atoms with van der Waals surface area (Å²) in [6.45, 7) is 7.91. The van der Waals surface area contributed by atoms with Crippen molar-refractivity contribution in [3.8, 4) is 0 Å². The molecule has 0 bridgehead atoms. The highest BCUT2D eigenvalue weighted by molar-refractivity contribution is 5.99. The van der Waals surface area contributed by atoms with E-state index >= 15 is 0 Å². The average Bonchev–Trinajstić information content (AvgIpc) is 2.03. The summed E-state index contributed by atoms with van der Waals surface area (Å²) >= 11 is 0. The van der Waals surface area contributed by atoms with Crippen LogP contribution in [0.25, 0.3) is 0 Å². The lowest BCUT2D eigenvalue weighted by atomic mass is 9.84. The quantitative estimate of drug-likeness (QED) is 0.361. The second-order valence-corrected chi connectivity index (χ2v) is 3.45. The van der Waals surface area contributed by atoms with Crippen LogP contribution in [-0.4, -0.2) is 10.9 Å². The molecular formula is C10H15NO. The van der Waals surface area contributed by atoms with E-state index in [1.165, 1.54) is 5.57 Å². The molecule has 1 aliphatic carbocycles. The summed E-state index contributed by atoms with van der Waals surface area (Å²) in [6.07, 6.45) is 4.05. The molecule has 0 radical (unpaired) electrons. The fourth-order valence-corrected chi connectivity index (χ4v) is 1.54. The second-order valence-electron chi connectivity index (χ2n) is 3.45. The minimum absolute atomic E-state index is 0.249. The number of rotatable bonds is 1. The Morgan fingerprint density at radius 1 is 1.75 bits per heavy atom. The lowest BCUT2D eigenvalue weighted by Crippen LogP contribution is -2.17. The minimum atomic E-state index is 0.249. The van der Waals surface area contributed by atoms with Crippen molar-refractivity contribution < 1.29 is 5.21 Å². The van der Waals surface area contributed by atoms with Crippen molar-refractivity contribution in [2.24, 2.45) is 11.1 Å². The van der Waals surface area contributed by atoms with Crippen LogP contribution in [0.4, 0.5) is 0 Å². The zero-order chi connectivity index (χ0) is 9.14. The molecule has 0 aromatic heterocycles. The molecule has 0 aliphatic heterocycles. The van der Waals surface area contributed by atoms with Crippen LogP contribution in [0.5, 0.6) is 0 Å². The monoisotopic (exact) mass is 165 g/mol. The molecule has 0 fully saturated rings. The summed E-state index contributed by atoms with van der Waals surface area (Å²) < 4.78 is 0. The standard InChI is InChI=1S/C10H15NO/c1-7(2)9-5-4-8(3)6-10(9)11-12/h6,9,12H,1,4-5H2,2-3H3/b11-10-. The van der Waals surface area contributed by atoms with E-state index in [0.717, 1.165) is 24.1 Å². The lowest BCUT2D eigenvalue weighted by Gasteiger charge is -2.21. The van der Waals surface area contributed by atoms with Crippen molar-refractivity contribution >= 4 is 5.71 Å². The molecule has 0 saturated heterocycles. The van der Waals surface area contributed by atoms with Gasteiger partial charge in [-0.05, 0) is 32.8 Å². The van der Waals surface area contributed by atoms with Gasteiger partial charge in [0.25, 0.3) is 0 Å². The number of allylic oxidation sites excluding steroid dienone is 3. The third-order valence-corrected chi connectivity index (χ3v) is 2.29. The van der Waals surface area contributed by atoms with Crippen LogP contribution in [0.3, 0.4) is 0 Å². The van der Waals surface area contributed by atoms with Crippen LogP contribution >= 0.6 is 0 Å². The molecule has 0 amide bonds. The Morgan fingerprint density at radius 2 is 2.42 bits per heavy atom. The molecule has 0 aromatic rings. The van der Waals surface area contributed by atoms with Crippen molar-refractivity contribution in [1.29, 1.82) is 0 Å². The first-order chi connectivity index (χ1) is 5.65. The van der Waals surface area contributed by atoms with E-state index < -0.39 is 0 Å². The molecule has 0 aromatic carbocycles. The van der Waals surface area contributed by atoms with Gasteiger partial charge in [0.15, 0.2) is 0 Å². The van der Waals surface area contributed by atoms with E-state index in [4.69, 9.17) is 5.21 Å². The van der Waals surface area contributed by atoms with Gasteiger partial charge in [0, 0.05) is 5.92 Å². The van der Waals surface area contributed by atoms with E-state index in [0.29, 0.717) is 0 Å². The third kappa shape index (κ3) is 1.76. The number of hydrogen-bond acceptors (Lipinski definition) is 2. The molecule has 0 spiro atoms. The van der Waals surface area contributed by atoms with Gasteiger partial charge in [-0.2, -0.15) is 0 Å². The minimum Gasteiger partial charge on any atom is -0.411 e. The smallest absolute Gasteiger partial charge is 0.0866 e. The van der Waals surface area contributed by atoms with Crippen LogP contribution in [0.15, 0.2) is 29.0 Å². The highest BCUT2D eigenvalue weighted by Crippen LogP contribution is 2.25. The number of nitrogens with zero attached hydrogens (tertiary/aromatic N) is 1. The SMILES string of the molecule is C=C(C)C1CCC(C)=C/C1=N/O. The van der Waals surface area contributed by atoms with Crippen molar-refractivity contribution in [1.82, 2.24) is 0 Å². The molecule has 12 heavy (non-hydrogen) atoms. The molecule has 66 valence electrons. The van der Waals surface area contributed by atoms with E-state index in [1.54, 1.807) is 0 Å². The van der Waals surface area contributed by atoms with E-state index in [1.807, 2.05) is 13.0 Å². The maximum atomic E-state index is 8.73. The lowest BCUT2D eigenvalue weighted by molar-refractivity contribution is 0.315. The Labute approximate surface area is 73.3 Å². The number of hydrogen-bond donors (Lipinski definition) is 1. The summed E-state index contributed by atoms with van der Waals surface area (Å²) in [6, 6.07) is 0. The topological polar surface area (TPSA) is 32.6 Å². The molecular weight excluding hydrogens is 150 g/mol. The summed E-state index contributed by atoms with van der Waals surface area (Å²) in [5.41, 5.74) is 3.11. The zero-order valence-corrected chi connectivity index (χ0v) is 7.67. The van der Waals surface area contributed by atoms with Gasteiger partial charge in [0.1, 0.15) is 0 Å². The van der Waals surface area contributed by atoms with E-state index in [9.17, 15) is 0 Å². The molecule has 1 rings (SSSR count). The molecule has 1 aliphatic rings. The maximum Gasteiger partial charge on any atom is 0.0866 e. The van der Waals surface area contributed by atoms with Gasteiger partial charge in [-0.15, -0.1) is 0 Å². The van der Waals surface area contributed by atoms with Crippen molar-refractivity contribution in [3.63, 3.8) is 0 Å². The molecule has 2 heteroatoms. The third-order valence-electron chi connectivity index (χ3n) is 2.29. The second kappa shape index (κ2) is 3.57. The van der Waals surface area contributed by atoms with Gasteiger partial charge in [-0.25, -0.2) is 0 Å². The fraction of sp³-hybridized carbons (Fsp3) is 0.500. The van der Waals surface area contributed by atoms with E-state index in [-0.39, 0.29) is 5.92 Å². The van der Waals surface area contributed by atoms with Crippen molar-refractivity contribution in [3.05, 3.63) is 23.8 Å². The summed E-state index contributed by atoms with van der Waals surface area (Å²) in [5, 5.41) is 12.0. The van der Waals surface area contributed by atoms with E-state index in [2.05, 4.69) is 18.7 Å². The van der Waals surface area contributed by atoms with Crippen LogP contribution in [0.1, 0.15) is 26.7 Å². The van der Waals surface area contributed by atoms with Gasteiger partial charge in [0.2, 0.25) is 0 Å². The number of oxime groups is 1. The summed E-state index contributed by atoms with van der Waals surface area (Å²) in [4.78, 5) is 0. The fourth-order valence-electron chi connectivity index (χ4n) is 1.54. The van der Waals surface area contributed by atoms with Crippen LogP contribution in [-0.2, 0) is 0 Å². The first kappa shape index (κ1) is 9.04. The van der Waals surface area contributed by atoms with Crippen LogP contribution in [0, 0.1) is 5.92 Å². The Kier molecular flexibility index (Phi) is 2.69. The van der Waals surface area contributed by atoms with Crippen molar-refractivity contribution in [2.45, 2.75) is 26.7 Å². The predicted octanol–water partition coefficient (Wildman–Crippen LogP) is 2.75. The normalized spacial score (nSPS) is 27.0. The summed E-state index contributed by atoms with van der Waals surface area (Å²) in [5.74, 6) is 0.249. The molecule has 2 nitrogen and oxygen atoms in total. The van der Waals surface area contributed by atoms with Crippen molar-refractivity contribution in [2.75, 3.05) is 0 Å². The van der Waals surface area contributed by atoms with Gasteiger partial charge in [-0.1, -0.05) is 22.9 Å². The first-order valence-corrected chi connectivity index (χ1v) is 4.19. The molecule has 1 unspecified atom stereocenters. The molecule has 1 atom stereocenters. The predicted molar refractivity (Wildman–Crippen MR) is 50.5 cm³/mol. The summed E-state index contributed by atoms with van der Waals surface area (Å²) in [7, 11) is 0. The average molecular weight is 165 g/mol. The molecule has 1 N–H and O–H groups in total. The maximum absolute atomic E-state index is 8.73.